The van der Waals surface area contributed by atoms with Crippen LogP contribution in [-0.2, 0) is 15.6 Å². The van der Waals surface area contributed by atoms with Crippen molar-refractivity contribution < 1.29 is 9.90 Å². The Labute approximate surface area is 177 Å². The summed E-state index contributed by atoms with van der Waals surface area (Å²) in [4.78, 5) is 12.6. The second-order valence-electron chi connectivity index (χ2n) is 9.07. The molecule has 0 saturated carbocycles. The number of nitriles is 1. The van der Waals surface area contributed by atoms with Crippen molar-refractivity contribution >= 4 is 29.3 Å². The van der Waals surface area contributed by atoms with Gasteiger partial charge in [-0.1, -0.05) is 65.3 Å². The van der Waals surface area contributed by atoms with Crippen LogP contribution in [0.25, 0.3) is 6.08 Å². The van der Waals surface area contributed by atoms with E-state index in [0.29, 0.717) is 16.3 Å². The molecule has 0 unspecified atom stereocenters. The standard InChI is InChI=1S/C24H27ClN2O2/c1-23(2,3)17-12-15(13-18(21(17)28)24(4,5)6)11-16(14-26)22(29)27-20-10-8-7-9-19(20)25/h7-13,28H,1-6H3,(H,27,29)/b16-11+. The summed E-state index contributed by atoms with van der Waals surface area (Å²) in [5.41, 5.74) is 2.00. The van der Waals surface area contributed by atoms with E-state index >= 15 is 0 Å². The van der Waals surface area contributed by atoms with Crippen LogP contribution >= 0.6 is 11.6 Å². The van der Waals surface area contributed by atoms with Gasteiger partial charge in [0, 0.05) is 11.1 Å². The maximum Gasteiger partial charge on any atom is 0.266 e. The first-order chi connectivity index (χ1) is 13.3. The molecule has 1 amide bonds. The average Bonchev–Trinajstić information content (AvgIpc) is 2.60. The van der Waals surface area contributed by atoms with E-state index in [2.05, 4.69) is 5.32 Å². The van der Waals surface area contributed by atoms with Crippen molar-refractivity contribution in [2.75, 3.05) is 5.32 Å². The number of amides is 1. The first kappa shape index (κ1) is 22.5. The van der Waals surface area contributed by atoms with Gasteiger partial charge in [0.05, 0.1) is 10.7 Å². The summed E-state index contributed by atoms with van der Waals surface area (Å²) < 4.78 is 0. The Morgan fingerprint density at radius 3 is 2.03 bits per heavy atom. The van der Waals surface area contributed by atoms with Crippen molar-refractivity contribution in [2.24, 2.45) is 0 Å². The summed E-state index contributed by atoms with van der Waals surface area (Å²) >= 11 is 6.09. The third kappa shape index (κ3) is 5.40. The normalized spacial score (nSPS) is 12.4. The molecule has 2 aromatic carbocycles. The number of phenolic OH excluding ortho intramolecular Hbond substituents is 1. The van der Waals surface area contributed by atoms with E-state index in [1.807, 2.05) is 59.7 Å². The molecule has 5 heteroatoms. The molecule has 152 valence electrons. The van der Waals surface area contributed by atoms with Crippen molar-refractivity contribution in [3.05, 3.63) is 63.7 Å². The number of rotatable bonds is 3. The number of hydrogen-bond donors (Lipinski definition) is 2. The van der Waals surface area contributed by atoms with Gasteiger partial charge in [0.2, 0.25) is 0 Å². The Balaban J connectivity index is 2.54. The second kappa shape index (κ2) is 8.31. The Hall–Kier alpha value is -2.77. The Morgan fingerprint density at radius 1 is 1.07 bits per heavy atom. The number of nitrogens with one attached hydrogen (secondary N) is 1. The summed E-state index contributed by atoms with van der Waals surface area (Å²) in [6.45, 7) is 12.1. The lowest BCUT2D eigenvalue weighted by atomic mass is 9.78. The Morgan fingerprint density at radius 2 is 1.59 bits per heavy atom. The molecule has 0 spiro atoms. The Bertz CT molecular complexity index is 968. The summed E-state index contributed by atoms with van der Waals surface area (Å²) in [5.74, 6) is -0.288. The van der Waals surface area contributed by atoms with Crippen LogP contribution < -0.4 is 5.32 Å². The van der Waals surface area contributed by atoms with Gasteiger partial charge < -0.3 is 10.4 Å². The molecule has 29 heavy (non-hydrogen) atoms. The molecular formula is C24H27ClN2O2. The van der Waals surface area contributed by atoms with Gasteiger partial charge in [-0.3, -0.25) is 4.79 Å². The molecule has 0 aromatic heterocycles. The fourth-order valence-electron chi connectivity index (χ4n) is 2.95. The summed E-state index contributed by atoms with van der Waals surface area (Å²) in [7, 11) is 0. The van der Waals surface area contributed by atoms with E-state index in [9.17, 15) is 15.2 Å². The van der Waals surface area contributed by atoms with E-state index in [0.717, 1.165) is 11.1 Å². The minimum absolute atomic E-state index is 0.0460. The predicted octanol–water partition coefficient (Wildman–Crippen LogP) is 6.19. The van der Waals surface area contributed by atoms with Crippen LogP contribution in [0.1, 0.15) is 58.2 Å². The molecule has 0 aliphatic heterocycles. The highest BCUT2D eigenvalue weighted by molar-refractivity contribution is 6.34. The summed E-state index contributed by atoms with van der Waals surface area (Å²) in [6.07, 6.45) is 1.54. The lowest BCUT2D eigenvalue weighted by molar-refractivity contribution is -0.112. The zero-order valence-electron chi connectivity index (χ0n) is 17.7. The lowest BCUT2D eigenvalue weighted by Gasteiger charge is -2.28. The molecule has 0 fully saturated rings. The van der Waals surface area contributed by atoms with Gasteiger partial charge in [-0.2, -0.15) is 5.26 Å². The van der Waals surface area contributed by atoms with Crippen LogP contribution in [0, 0.1) is 11.3 Å². The fraction of sp³-hybridized carbons (Fsp3) is 0.333. The maximum absolute atomic E-state index is 12.6. The molecule has 2 aromatic rings. The van der Waals surface area contributed by atoms with Crippen molar-refractivity contribution in [1.82, 2.24) is 0 Å². The van der Waals surface area contributed by atoms with Crippen LogP contribution in [-0.4, -0.2) is 11.0 Å². The van der Waals surface area contributed by atoms with Gasteiger partial charge in [0.25, 0.3) is 5.91 Å². The Kier molecular flexibility index (Phi) is 6.45. The molecule has 0 bridgehead atoms. The number of anilines is 1. The maximum atomic E-state index is 12.6. The number of hydrogen-bond acceptors (Lipinski definition) is 3. The number of benzene rings is 2. The second-order valence-corrected chi connectivity index (χ2v) is 9.48. The molecule has 0 radical (unpaired) electrons. The van der Waals surface area contributed by atoms with Gasteiger partial charge in [-0.15, -0.1) is 0 Å². The van der Waals surface area contributed by atoms with Crippen LogP contribution in [0.15, 0.2) is 42.0 Å². The van der Waals surface area contributed by atoms with E-state index in [1.54, 1.807) is 24.3 Å². The molecule has 0 heterocycles. The SMILES string of the molecule is CC(C)(C)c1cc(/C=C(\C#N)C(=O)Nc2ccccc2Cl)cc(C(C)(C)C)c1O. The van der Waals surface area contributed by atoms with Crippen LogP contribution in [0.3, 0.4) is 0 Å². The van der Waals surface area contributed by atoms with Gasteiger partial charge in [0.15, 0.2) is 0 Å². The highest BCUT2D eigenvalue weighted by Crippen LogP contribution is 2.40. The van der Waals surface area contributed by atoms with E-state index in [-0.39, 0.29) is 22.2 Å². The fourth-order valence-corrected chi connectivity index (χ4v) is 3.13. The number of nitrogens with zero attached hydrogens (tertiary/aromatic N) is 1. The van der Waals surface area contributed by atoms with Crippen molar-refractivity contribution in [3.8, 4) is 11.8 Å². The van der Waals surface area contributed by atoms with Crippen LogP contribution in [0.5, 0.6) is 5.75 Å². The molecule has 0 saturated heterocycles. The van der Waals surface area contributed by atoms with E-state index in [4.69, 9.17) is 11.6 Å². The van der Waals surface area contributed by atoms with Crippen LogP contribution in [0.4, 0.5) is 5.69 Å². The van der Waals surface area contributed by atoms with Crippen molar-refractivity contribution in [2.45, 2.75) is 52.4 Å². The van der Waals surface area contributed by atoms with Gasteiger partial charge >= 0.3 is 0 Å². The van der Waals surface area contributed by atoms with Gasteiger partial charge in [0.1, 0.15) is 17.4 Å². The first-order valence-electron chi connectivity index (χ1n) is 9.40. The van der Waals surface area contributed by atoms with Crippen LogP contribution in [0.2, 0.25) is 5.02 Å². The molecule has 0 aliphatic rings. The predicted molar refractivity (Wildman–Crippen MR) is 119 cm³/mol. The quantitative estimate of drug-likeness (QED) is 0.468. The monoisotopic (exact) mass is 410 g/mol. The number of halogens is 1. The zero-order valence-corrected chi connectivity index (χ0v) is 18.5. The highest BCUT2D eigenvalue weighted by Gasteiger charge is 2.26. The number of carbonyl (C=O) groups excluding carboxylic acids is 1. The van der Waals surface area contributed by atoms with E-state index < -0.39 is 5.91 Å². The zero-order chi connectivity index (χ0) is 22.0. The third-order valence-electron chi connectivity index (χ3n) is 4.55. The highest BCUT2D eigenvalue weighted by atomic mass is 35.5. The molecule has 2 rings (SSSR count). The number of phenols is 1. The topological polar surface area (TPSA) is 73.1 Å². The lowest BCUT2D eigenvalue weighted by Crippen LogP contribution is -2.18. The first-order valence-corrected chi connectivity index (χ1v) is 9.78. The van der Waals surface area contributed by atoms with Crippen molar-refractivity contribution in [3.63, 3.8) is 0 Å². The van der Waals surface area contributed by atoms with E-state index in [1.165, 1.54) is 6.08 Å². The largest absolute Gasteiger partial charge is 0.507 e. The van der Waals surface area contributed by atoms with Gasteiger partial charge in [-0.05, 0) is 46.7 Å². The summed E-state index contributed by atoms with van der Waals surface area (Å²) in [5, 5.41) is 23.5. The number of para-hydroxylation sites is 1. The molecule has 4 nitrogen and oxygen atoms in total. The third-order valence-corrected chi connectivity index (χ3v) is 4.88. The van der Waals surface area contributed by atoms with Crippen molar-refractivity contribution in [1.29, 1.82) is 5.26 Å². The molecule has 2 N–H and O–H groups in total. The molecule has 0 aliphatic carbocycles. The smallest absolute Gasteiger partial charge is 0.266 e. The summed E-state index contributed by atoms with van der Waals surface area (Å²) in [6, 6.07) is 12.5. The average molecular weight is 411 g/mol. The minimum atomic E-state index is -0.539. The van der Waals surface area contributed by atoms with Gasteiger partial charge in [-0.25, -0.2) is 0 Å². The molecule has 0 atom stereocenters. The number of aromatic hydroxyl groups is 1. The minimum Gasteiger partial charge on any atom is -0.507 e. The number of carbonyl (C=O) groups is 1. The molecular weight excluding hydrogens is 384 g/mol.